The van der Waals surface area contributed by atoms with Gasteiger partial charge in [-0.3, -0.25) is 14.8 Å². The third-order valence-corrected chi connectivity index (χ3v) is 10.2. The Morgan fingerprint density at radius 1 is 0.492 bits per heavy atom. The maximum atomic E-state index is 11.5. The molecular weight excluding hydrogens is 785 g/mol. The molecule has 12 heteroatoms. The summed E-state index contributed by atoms with van der Waals surface area (Å²) in [5.41, 5.74) is 9.25. The molecule has 306 valence electrons. The van der Waals surface area contributed by atoms with Gasteiger partial charge in [0.05, 0.1) is 53.4 Å². The number of rotatable bonds is 11. The van der Waals surface area contributed by atoms with Crippen molar-refractivity contribution in [3.8, 4) is 50.9 Å². The first kappa shape index (κ1) is 39.8. The second-order valence-corrected chi connectivity index (χ2v) is 14.3. The van der Waals surface area contributed by atoms with Crippen molar-refractivity contribution in [2.45, 2.75) is 13.1 Å². The van der Waals surface area contributed by atoms with E-state index in [4.69, 9.17) is 24.7 Å². The largest absolute Gasteiger partial charge is 0.481 e. The molecule has 0 unspecified atom stereocenters. The molecule has 4 aromatic carbocycles. The maximum Gasteiger partial charge on any atom is 0.247 e. The smallest absolute Gasteiger partial charge is 0.247 e. The molecule has 6 heterocycles. The minimum Gasteiger partial charge on any atom is -0.481 e. The van der Waals surface area contributed by atoms with E-state index < -0.39 is 0 Å². The van der Waals surface area contributed by atoms with E-state index in [0.717, 1.165) is 78.2 Å². The van der Waals surface area contributed by atoms with Crippen LogP contribution >= 0.6 is 0 Å². The summed E-state index contributed by atoms with van der Waals surface area (Å²) in [5.74, 6) is 3.16. The molecule has 0 aliphatic carbocycles. The van der Waals surface area contributed by atoms with Crippen LogP contribution < -0.4 is 20.9 Å². The third-order valence-electron chi connectivity index (χ3n) is 10.2. The molecule has 12 nitrogen and oxygen atoms in total. The Balaban J connectivity index is 0.000000160. The Bertz CT molecular complexity index is 3150. The molecule has 3 N–H and O–H groups in total. The van der Waals surface area contributed by atoms with Crippen LogP contribution in [0.3, 0.4) is 0 Å². The predicted molar refractivity (Wildman–Crippen MR) is 249 cm³/mol. The Morgan fingerprint density at radius 2 is 1.02 bits per heavy atom. The normalized spacial score (nSPS) is 10.8. The number of aromatic amines is 1. The van der Waals surface area contributed by atoms with Gasteiger partial charge in [-0.25, -0.2) is 24.9 Å². The lowest BCUT2D eigenvalue weighted by atomic mass is 10.0. The first-order valence-electron chi connectivity index (χ1n) is 20.3. The van der Waals surface area contributed by atoms with Gasteiger partial charge in [0.25, 0.3) is 0 Å². The molecule has 0 atom stereocenters. The zero-order valence-electron chi connectivity index (χ0n) is 34.2. The molecule has 0 aliphatic heterocycles. The van der Waals surface area contributed by atoms with Crippen molar-refractivity contribution in [2.24, 2.45) is 0 Å². The summed E-state index contributed by atoms with van der Waals surface area (Å²) in [6, 6.07) is 51.3. The molecular formula is C51H40N10O2. The van der Waals surface area contributed by atoms with Crippen LogP contribution in [-0.2, 0) is 13.1 Å². The summed E-state index contributed by atoms with van der Waals surface area (Å²) in [5, 5.41) is 8.85. The van der Waals surface area contributed by atoms with Gasteiger partial charge in [-0.05, 0) is 70.8 Å². The van der Waals surface area contributed by atoms with Crippen molar-refractivity contribution in [3.63, 3.8) is 0 Å². The molecule has 0 fully saturated rings. The Kier molecular flexibility index (Phi) is 11.8. The number of fused-ring (bicyclic) bond motifs is 2. The van der Waals surface area contributed by atoms with Gasteiger partial charge in [0.1, 0.15) is 11.6 Å². The Labute approximate surface area is 362 Å². The Hall–Kier alpha value is -8.64. The molecule has 10 aromatic rings. The minimum atomic E-state index is -0.163. The van der Waals surface area contributed by atoms with Crippen LogP contribution in [0.15, 0.2) is 187 Å². The second kappa shape index (κ2) is 18.7. The van der Waals surface area contributed by atoms with Crippen molar-refractivity contribution in [2.75, 3.05) is 17.7 Å². The molecule has 0 spiro atoms. The maximum absolute atomic E-state index is 11.5. The predicted octanol–water partition coefficient (Wildman–Crippen LogP) is 10.0. The highest BCUT2D eigenvalue weighted by Gasteiger charge is 2.16. The summed E-state index contributed by atoms with van der Waals surface area (Å²) in [6.45, 7) is 1.08. The topological polar surface area (TPSA) is 156 Å². The fourth-order valence-corrected chi connectivity index (χ4v) is 7.13. The van der Waals surface area contributed by atoms with E-state index in [-0.39, 0.29) is 5.56 Å². The molecule has 0 saturated carbocycles. The number of H-pyrrole nitrogens is 1. The summed E-state index contributed by atoms with van der Waals surface area (Å²) < 4.78 is 5.18. The summed E-state index contributed by atoms with van der Waals surface area (Å²) in [6.07, 6.45) is 6.92. The van der Waals surface area contributed by atoms with E-state index in [9.17, 15) is 4.79 Å². The van der Waals surface area contributed by atoms with Crippen LogP contribution in [0.5, 0.6) is 5.88 Å². The minimum absolute atomic E-state index is 0.163. The number of ether oxygens (including phenoxy) is 1. The van der Waals surface area contributed by atoms with E-state index in [1.54, 1.807) is 38.0 Å². The average Bonchev–Trinajstić information content (AvgIpc) is 3.36. The number of anilines is 2. The third kappa shape index (κ3) is 9.25. The summed E-state index contributed by atoms with van der Waals surface area (Å²) in [7, 11) is 1.60. The van der Waals surface area contributed by atoms with Crippen LogP contribution in [0.4, 0.5) is 11.6 Å². The van der Waals surface area contributed by atoms with Crippen molar-refractivity contribution >= 4 is 33.4 Å². The number of hydrogen-bond acceptors (Lipinski definition) is 11. The van der Waals surface area contributed by atoms with Crippen molar-refractivity contribution in [1.82, 2.24) is 39.9 Å². The number of aromatic nitrogens is 8. The second-order valence-electron chi connectivity index (χ2n) is 14.3. The van der Waals surface area contributed by atoms with Gasteiger partial charge in [-0.2, -0.15) is 0 Å². The highest BCUT2D eigenvalue weighted by atomic mass is 16.5. The highest BCUT2D eigenvalue weighted by molar-refractivity contribution is 6.03. The van der Waals surface area contributed by atoms with Gasteiger partial charge in [0.15, 0.2) is 11.6 Å². The Morgan fingerprint density at radius 3 is 1.48 bits per heavy atom. The van der Waals surface area contributed by atoms with Crippen molar-refractivity contribution in [1.29, 1.82) is 0 Å². The number of pyridine rings is 4. The van der Waals surface area contributed by atoms with E-state index >= 15 is 0 Å². The van der Waals surface area contributed by atoms with Gasteiger partial charge in [-0.1, -0.05) is 97.1 Å². The lowest BCUT2D eigenvalue weighted by Gasteiger charge is -2.14. The van der Waals surface area contributed by atoms with Crippen LogP contribution in [0.25, 0.3) is 66.8 Å². The molecule has 6 aromatic heterocycles. The zero-order chi connectivity index (χ0) is 42.8. The van der Waals surface area contributed by atoms with Crippen LogP contribution in [0.1, 0.15) is 11.4 Å². The van der Waals surface area contributed by atoms with E-state index in [2.05, 4.69) is 67.0 Å². The van der Waals surface area contributed by atoms with E-state index in [0.29, 0.717) is 30.6 Å². The van der Waals surface area contributed by atoms with Crippen LogP contribution in [0.2, 0.25) is 0 Å². The average molecular weight is 825 g/mol. The van der Waals surface area contributed by atoms with Crippen LogP contribution in [0, 0.1) is 0 Å². The molecule has 0 saturated heterocycles. The van der Waals surface area contributed by atoms with Gasteiger partial charge < -0.3 is 20.4 Å². The lowest BCUT2D eigenvalue weighted by molar-refractivity contribution is 0.398. The molecule has 0 bridgehead atoms. The molecule has 10 rings (SSSR count). The van der Waals surface area contributed by atoms with Gasteiger partial charge >= 0.3 is 0 Å². The fraction of sp³-hybridized carbons (Fsp3) is 0.0588. The first-order chi connectivity index (χ1) is 31.1. The molecule has 0 radical (unpaired) electrons. The lowest BCUT2D eigenvalue weighted by Crippen LogP contribution is -2.07. The number of methoxy groups -OCH3 is 1. The zero-order valence-corrected chi connectivity index (χ0v) is 34.2. The summed E-state index contributed by atoms with van der Waals surface area (Å²) >= 11 is 0. The van der Waals surface area contributed by atoms with Gasteiger partial charge in [-0.15, -0.1) is 0 Å². The van der Waals surface area contributed by atoms with Crippen molar-refractivity contribution < 1.29 is 4.74 Å². The van der Waals surface area contributed by atoms with E-state index in [1.165, 1.54) is 6.07 Å². The number of nitrogens with zero attached hydrogens (tertiary/aromatic N) is 7. The standard InChI is InChI=1S/C26H21N5O.C25H19N5O/c1-32-23-14-13-19(16-28-23)25-30-22-12-7-11-21(18-8-3-2-4-9-18)24(22)26(31-25)29-17-20-10-5-6-15-27-20;31-22-13-12-18(15-27-22)24-29-21-11-6-10-20(17-7-2-1-3-8-17)23(21)25(30-24)28-16-19-9-4-5-14-26-19/h2-16H,17H2,1H3,(H,29,30,31);1-15H,16H2,(H,27,31)(H,28,29,30). The van der Waals surface area contributed by atoms with E-state index in [1.807, 2.05) is 109 Å². The quantitative estimate of drug-likeness (QED) is 0.114. The molecule has 0 amide bonds. The SMILES string of the molecule is COc1ccc(-c2nc(NCc3ccccn3)c3c(-c4ccccc4)cccc3n2)cn1.O=c1ccc(-c2nc(NCc3ccccn3)c3c(-c4ccccc4)cccc3n2)c[nH]1. The molecule has 0 aliphatic rings. The number of hydrogen-bond donors (Lipinski definition) is 3. The van der Waals surface area contributed by atoms with Crippen LogP contribution in [-0.4, -0.2) is 47.0 Å². The fourth-order valence-electron chi connectivity index (χ4n) is 7.13. The van der Waals surface area contributed by atoms with Gasteiger partial charge in [0.2, 0.25) is 11.4 Å². The highest BCUT2D eigenvalue weighted by Crippen LogP contribution is 2.36. The monoisotopic (exact) mass is 824 g/mol. The van der Waals surface area contributed by atoms with Gasteiger partial charge in [0, 0.05) is 48.0 Å². The van der Waals surface area contributed by atoms with Crippen molar-refractivity contribution in [3.05, 3.63) is 204 Å². The number of nitrogens with one attached hydrogen (secondary N) is 3. The summed E-state index contributed by atoms with van der Waals surface area (Å²) in [4.78, 5) is 46.7. The first-order valence-corrected chi connectivity index (χ1v) is 20.3. The molecule has 63 heavy (non-hydrogen) atoms. The number of benzene rings is 4.